The summed E-state index contributed by atoms with van der Waals surface area (Å²) in [5.74, 6) is -20.6. The van der Waals surface area contributed by atoms with Gasteiger partial charge in [0, 0.05) is 63.1 Å². The van der Waals surface area contributed by atoms with Crippen LogP contribution in [-0.2, 0) is 87.7 Å². The van der Waals surface area contributed by atoms with Crippen LogP contribution in [0.3, 0.4) is 0 Å². The highest BCUT2D eigenvalue weighted by Gasteiger charge is 2.37. The number of phosphoric ester groups is 1. The van der Waals surface area contributed by atoms with E-state index in [2.05, 4.69) is 63.0 Å². The van der Waals surface area contributed by atoms with E-state index in [9.17, 15) is 117 Å². The first-order chi connectivity index (χ1) is 48.9. The predicted molar refractivity (Wildman–Crippen MR) is 366 cm³/mol. The predicted octanol–water partition coefficient (Wildman–Crippen LogP) is -0.915. The number of carboxylic acid groups (broad SMARTS) is 5. The number of primary amides is 1. The SMILES string of the molecule is CC[C@H](C)[C@H](NC(=O)[C@H](CCC(=O)O)NC(=O)[C@H](CCC(=O)O)NC(=O)[C@H](CCC(=O)O)NC(C)=O)C(=O)N[C@@H](Cc1ccc(OP(=O)(O)O)cc1)C(=O)NCC(=O)N[C@@H](CCC(=O)O)C(=O)N[C@@H](CNc1ccc2ccc3cccc4ccc1c2c34)C(=O)N[C@@H](CCC(=O)O)C(=O)N[C@@H](C)C(N)=O. The van der Waals surface area contributed by atoms with Gasteiger partial charge in [-0.3, -0.25) is 86.5 Å². The maximum absolute atomic E-state index is 14.6. The van der Waals surface area contributed by atoms with Gasteiger partial charge in [0.25, 0.3) is 0 Å². The second-order valence-corrected chi connectivity index (χ2v) is 25.5. The first kappa shape index (κ1) is 83.1. The molecule has 5 aromatic rings. The first-order valence-electron chi connectivity index (χ1n) is 32.5. The van der Waals surface area contributed by atoms with E-state index < -0.39 is 247 Å². The highest BCUT2D eigenvalue weighted by atomic mass is 31.2. The van der Waals surface area contributed by atoms with Gasteiger partial charge in [0.15, 0.2) is 0 Å². The highest BCUT2D eigenvalue weighted by Crippen LogP contribution is 2.39. The molecule has 0 bridgehead atoms. The Bertz CT molecular complexity index is 4060. The molecule has 38 heteroatoms. The Balaban J connectivity index is 1.44. The molecule has 104 heavy (non-hydrogen) atoms. The maximum atomic E-state index is 14.6. The number of amides is 11. The molecule has 5 aromatic carbocycles. The van der Waals surface area contributed by atoms with E-state index in [0.717, 1.165) is 46.0 Å². The summed E-state index contributed by atoms with van der Waals surface area (Å²) in [5.41, 5.74) is 5.93. The summed E-state index contributed by atoms with van der Waals surface area (Å²) in [6, 6.07) is 6.15. The number of nitrogens with one attached hydrogen (secondary N) is 11. The van der Waals surface area contributed by atoms with E-state index in [4.69, 9.17) is 5.73 Å². The molecular weight excluding hydrogens is 1390 g/mol. The lowest BCUT2D eigenvalue weighted by atomic mass is 9.93. The Morgan fingerprint density at radius 1 is 0.462 bits per heavy atom. The van der Waals surface area contributed by atoms with Gasteiger partial charge in [0.05, 0.1) is 6.54 Å². The molecule has 0 saturated carbocycles. The Kier molecular flexibility index (Phi) is 31.2. The molecule has 0 aliphatic rings. The third kappa shape index (κ3) is 26.4. The average molecular weight is 1480 g/mol. The number of anilines is 1. The highest BCUT2D eigenvalue weighted by molar-refractivity contribution is 7.46. The normalized spacial score (nSPS) is 14.1. The van der Waals surface area contributed by atoms with Crippen molar-refractivity contribution in [3.63, 3.8) is 0 Å². The fourth-order valence-corrected chi connectivity index (χ4v) is 11.1. The largest absolute Gasteiger partial charge is 0.524 e. The summed E-state index contributed by atoms with van der Waals surface area (Å²) in [4.78, 5) is 228. The van der Waals surface area contributed by atoms with Crippen LogP contribution in [0.4, 0.5) is 5.69 Å². The van der Waals surface area contributed by atoms with Crippen molar-refractivity contribution in [3.8, 4) is 5.75 Å². The molecule has 20 N–H and O–H groups in total. The minimum absolute atomic E-state index is 0.0886. The van der Waals surface area contributed by atoms with Crippen molar-refractivity contribution in [2.75, 3.05) is 18.4 Å². The number of benzene rings is 5. The van der Waals surface area contributed by atoms with E-state index in [0.29, 0.717) is 11.1 Å². The minimum atomic E-state index is -5.09. The molecule has 5 rings (SSSR count). The molecule has 0 saturated heterocycles. The van der Waals surface area contributed by atoms with Gasteiger partial charge in [-0.1, -0.05) is 80.9 Å². The van der Waals surface area contributed by atoms with Crippen LogP contribution in [0, 0.1) is 5.92 Å². The molecule has 11 amide bonds. The second kappa shape index (κ2) is 39.0. The van der Waals surface area contributed by atoms with Crippen molar-refractivity contribution in [3.05, 3.63) is 84.4 Å². The van der Waals surface area contributed by atoms with Crippen molar-refractivity contribution in [1.82, 2.24) is 53.2 Å². The topological polar surface area (TPSA) is 599 Å². The molecule has 0 unspecified atom stereocenters. The molecule has 562 valence electrons. The molecule has 0 radical (unpaired) electrons. The zero-order valence-electron chi connectivity index (χ0n) is 56.7. The van der Waals surface area contributed by atoms with Crippen molar-refractivity contribution in [2.45, 2.75) is 159 Å². The summed E-state index contributed by atoms with van der Waals surface area (Å²) in [6.07, 6.45) is -7.21. The van der Waals surface area contributed by atoms with E-state index in [1.165, 1.54) is 26.0 Å². The number of carboxylic acids is 5. The zero-order valence-corrected chi connectivity index (χ0v) is 57.6. The molecule has 10 atom stereocenters. The number of nitrogens with two attached hydrogens (primary N) is 1. The van der Waals surface area contributed by atoms with Gasteiger partial charge in [0.1, 0.15) is 60.1 Å². The van der Waals surface area contributed by atoms with Crippen LogP contribution in [-0.4, -0.2) is 198 Å². The van der Waals surface area contributed by atoms with Crippen LogP contribution in [0.25, 0.3) is 32.3 Å². The molecule has 0 fully saturated rings. The monoisotopic (exact) mass is 1470 g/mol. The lowest BCUT2D eigenvalue weighted by Gasteiger charge is -2.29. The number of rotatable bonds is 44. The Morgan fingerprint density at radius 3 is 1.32 bits per heavy atom. The number of hydrogen-bond acceptors (Lipinski definition) is 19. The fourth-order valence-electron chi connectivity index (χ4n) is 10.7. The second-order valence-electron chi connectivity index (χ2n) is 24.3. The lowest BCUT2D eigenvalue weighted by Crippen LogP contribution is -2.61. The van der Waals surface area contributed by atoms with E-state index in [1.807, 2.05) is 42.5 Å². The Hall–Kier alpha value is -11.6. The van der Waals surface area contributed by atoms with Crippen molar-refractivity contribution in [2.24, 2.45) is 11.7 Å². The number of phosphoric acid groups is 1. The summed E-state index contributed by atoms with van der Waals surface area (Å²) >= 11 is 0. The van der Waals surface area contributed by atoms with Crippen molar-refractivity contribution < 1.29 is 121 Å². The quantitative estimate of drug-likeness (QED) is 0.0166. The summed E-state index contributed by atoms with van der Waals surface area (Å²) in [7, 11) is -5.09. The van der Waals surface area contributed by atoms with E-state index in [-0.39, 0.29) is 17.7 Å². The van der Waals surface area contributed by atoms with Crippen LogP contribution in [0.2, 0.25) is 0 Å². The number of carbonyl (C=O) groups excluding carboxylic acids is 11. The Morgan fingerprint density at radius 2 is 0.865 bits per heavy atom. The maximum Gasteiger partial charge on any atom is 0.524 e. The third-order valence-electron chi connectivity index (χ3n) is 16.4. The summed E-state index contributed by atoms with van der Waals surface area (Å²) < 4.78 is 16.2. The molecule has 0 spiro atoms. The molecule has 0 aromatic heterocycles. The van der Waals surface area contributed by atoms with Crippen LogP contribution in [0.5, 0.6) is 5.75 Å². The van der Waals surface area contributed by atoms with Crippen LogP contribution < -0.4 is 68.7 Å². The molecule has 0 heterocycles. The standard InChI is InChI=1S/C66H83N12O25P/c1-5-32(2)57(78-64(97)46(23-28-54(89)90)74-63(96)45(22-27-53(87)88)73-61(94)42(71-34(4)79)19-24-50(81)82)66(99)76-47(29-35-9-15-39(16-10-35)103-104(100,101)102)59(92)69-31-49(80)72-43(20-25-51(83)84)62(95)77-48(65(98)75-44(21-26-52(85)86)60(93)70-33(3)58(67)91)30-68-41-18-14-38-12-11-36-7-6-8-37-13-17-40(41)56(38)55(36)37/h6-18,32-33,42-48,57,68H,5,19-31H2,1-4H3,(H2,67,91)(H,69,92)(H,70,93)(H,71,79)(H,72,80)(H,73,94)(H,74,96)(H,75,98)(H,76,99)(H,77,95)(H,78,97)(H,81,82)(H,83,84)(H,85,86)(H,87,88)(H,89,90)(H2,100,101,102)/t32-,33-,42-,43-,44-,45-,46-,47-,48-,57-/m0/s1. The zero-order chi connectivity index (χ0) is 77.3. The van der Waals surface area contributed by atoms with E-state index in [1.54, 1.807) is 19.1 Å². The van der Waals surface area contributed by atoms with Crippen LogP contribution in [0.1, 0.15) is 104 Å². The number of carbonyl (C=O) groups is 16. The fraction of sp³-hybridized carbons (Fsp3) is 0.424. The summed E-state index contributed by atoms with van der Waals surface area (Å²) in [6.45, 7) is 3.72. The Labute approximate surface area is 592 Å². The van der Waals surface area contributed by atoms with Crippen molar-refractivity contribution in [1.29, 1.82) is 0 Å². The van der Waals surface area contributed by atoms with E-state index >= 15 is 0 Å². The smallest absolute Gasteiger partial charge is 0.481 e. The summed E-state index contributed by atoms with van der Waals surface area (Å²) in [5, 5.41) is 79.3. The molecule has 37 nitrogen and oxygen atoms in total. The van der Waals surface area contributed by atoms with Crippen molar-refractivity contribution >= 4 is 141 Å². The number of aliphatic carboxylic acids is 5. The molecular formula is C66H83N12O25P. The van der Waals surface area contributed by atoms with Gasteiger partial charge in [-0.05, 0) is 95.6 Å². The minimum Gasteiger partial charge on any atom is -0.481 e. The molecule has 0 aliphatic carbocycles. The molecule has 0 aliphatic heterocycles. The number of hydrogen-bond donors (Lipinski definition) is 19. The first-order valence-corrected chi connectivity index (χ1v) is 34.1. The van der Waals surface area contributed by atoms with Crippen LogP contribution in [0.15, 0.2) is 78.9 Å². The van der Waals surface area contributed by atoms with Gasteiger partial charge in [-0.25, -0.2) is 4.57 Å². The van der Waals surface area contributed by atoms with Gasteiger partial charge in [-0.2, -0.15) is 0 Å². The lowest BCUT2D eigenvalue weighted by molar-refractivity contribution is -0.140. The third-order valence-corrected chi connectivity index (χ3v) is 16.8. The van der Waals surface area contributed by atoms with Gasteiger partial charge >= 0.3 is 37.7 Å². The van der Waals surface area contributed by atoms with Crippen LogP contribution >= 0.6 is 7.82 Å². The average Bonchev–Trinajstić information content (AvgIpc) is 0.742. The van der Waals surface area contributed by atoms with Gasteiger partial charge < -0.3 is 94.3 Å². The van der Waals surface area contributed by atoms with Gasteiger partial charge in [0.2, 0.25) is 65.0 Å². The van der Waals surface area contributed by atoms with Gasteiger partial charge in [-0.15, -0.1) is 0 Å².